The van der Waals surface area contributed by atoms with Crippen LogP contribution in [0.5, 0.6) is 0 Å². The van der Waals surface area contributed by atoms with E-state index in [-0.39, 0.29) is 0 Å². The van der Waals surface area contributed by atoms with E-state index in [9.17, 15) is 0 Å². The predicted octanol–water partition coefficient (Wildman–Crippen LogP) is 12.6. The first-order chi connectivity index (χ1) is 31.3. The Morgan fingerprint density at radius 2 is 0.762 bits per heavy atom. The summed E-state index contributed by atoms with van der Waals surface area (Å²) in [7, 11) is -2.96. The standard InChI is InChI=1S/C60H42N2Si/c1-6-20-43(21-7-1)45-36-39-47(40-37-45)61-55-33-19-34-56(59(55)53-41-38-46(42-57(53)61)44-22-8-2-9-23-44)62-54-32-17-16-30-51(54)52-31-18-35-58(60(52)62)63(48-24-10-3-11-25-48,49-26-12-4-13-27-49)50-28-14-5-15-29-50/h1-42H. The molecule has 0 N–H and O–H groups in total. The molecule has 0 saturated carbocycles. The van der Waals surface area contributed by atoms with E-state index in [1.54, 1.807) is 0 Å². The van der Waals surface area contributed by atoms with Crippen LogP contribution in [0.1, 0.15) is 0 Å². The second-order valence-electron chi connectivity index (χ2n) is 16.4. The van der Waals surface area contributed by atoms with Crippen LogP contribution in [0, 0.1) is 0 Å². The van der Waals surface area contributed by atoms with Crippen molar-refractivity contribution >= 4 is 72.4 Å². The van der Waals surface area contributed by atoms with Crippen molar-refractivity contribution in [1.82, 2.24) is 9.13 Å². The molecular weight excluding hydrogens is 777 g/mol. The molecule has 0 aliphatic carbocycles. The highest BCUT2D eigenvalue weighted by Gasteiger charge is 2.43. The number of nitrogens with zero attached hydrogens (tertiary/aromatic N) is 2. The summed E-state index contributed by atoms with van der Waals surface area (Å²) < 4.78 is 5.08. The number of aromatic nitrogens is 2. The van der Waals surface area contributed by atoms with Crippen molar-refractivity contribution in [3.63, 3.8) is 0 Å². The highest BCUT2D eigenvalue weighted by Crippen LogP contribution is 2.41. The van der Waals surface area contributed by atoms with E-state index in [0.717, 1.165) is 5.69 Å². The van der Waals surface area contributed by atoms with E-state index in [4.69, 9.17) is 0 Å². The minimum absolute atomic E-state index is 1.13. The first-order valence-corrected chi connectivity index (χ1v) is 23.8. The van der Waals surface area contributed by atoms with Gasteiger partial charge >= 0.3 is 0 Å². The van der Waals surface area contributed by atoms with Crippen LogP contribution in [-0.4, -0.2) is 17.2 Å². The van der Waals surface area contributed by atoms with Gasteiger partial charge in [0, 0.05) is 27.2 Å². The van der Waals surface area contributed by atoms with E-state index in [1.165, 1.54) is 92.3 Å². The molecule has 63 heavy (non-hydrogen) atoms. The average Bonchev–Trinajstić information content (AvgIpc) is 3.89. The van der Waals surface area contributed by atoms with Crippen LogP contribution >= 0.6 is 0 Å². The van der Waals surface area contributed by atoms with Crippen LogP contribution in [0.2, 0.25) is 0 Å². The number of hydrogen-bond donors (Lipinski definition) is 0. The van der Waals surface area contributed by atoms with Crippen molar-refractivity contribution in [2.45, 2.75) is 0 Å². The maximum atomic E-state index is 2.60. The van der Waals surface area contributed by atoms with Crippen molar-refractivity contribution in [3.05, 3.63) is 255 Å². The zero-order valence-corrected chi connectivity index (χ0v) is 35.6. The fourth-order valence-corrected chi connectivity index (χ4v) is 15.3. The van der Waals surface area contributed by atoms with Crippen molar-refractivity contribution in [2.75, 3.05) is 0 Å². The van der Waals surface area contributed by atoms with Crippen molar-refractivity contribution in [3.8, 4) is 33.6 Å². The summed E-state index contributed by atoms with van der Waals surface area (Å²) in [6.45, 7) is 0. The molecule has 0 amide bonds. The Morgan fingerprint density at radius 1 is 0.286 bits per heavy atom. The molecule has 0 fully saturated rings. The number of para-hydroxylation sites is 2. The van der Waals surface area contributed by atoms with Gasteiger partial charge in [-0.25, -0.2) is 0 Å². The highest BCUT2D eigenvalue weighted by atomic mass is 28.3. The van der Waals surface area contributed by atoms with Crippen molar-refractivity contribution in [2.24, 2.45) is 0 Å². The Morgan fingerprint density at radius 3 is 1.38 bits per heavy atom. The largest absolute Gasteiger partial charge is 0.309 e. The molecule has 0 saturated heterocycles. The zero-order valence-electron chi connectivity index (χ0n) is 34.6. The molecule has 0 bridgehead atoms. The Hall–Kier alpha value is -7.98. The van der Waals surface area contributed by atoms with Gasteiger partial charge < -0.3 is 9.13 Å². The summed E-state index contributed by atoms with van der Waals surface area (Å²) in [5.74, 6) is 0. The second kappa shape index (κ2) is 15.2. The molecule has 0 aliphatic heterocycles. The minimum Gasteiger partial charge on any atom is -0.309 e. The lowest BCUT2D eigenvalue weighted by molar-refractivity contribution is 1.17. The quantitative estimate of drug-likeness (QED) is 0.107. The van der Waals surface area contributed by atoms with E-state index in [2.05, 4.69) is 264 Å². The number of fused-ring (bicyclic) bond motifs is 6. The fraction of sp³-hybridized carbons (Fsp3) is 0. The molecule has 0 radical (unpaired) electrons. The summed E-state index contributed by atoms with van der Waals surface area (Å²) in [4.78, 5) is 0. The molecule has 2 heterocycles. The number of hydrogen-bond acceptors (Lipinski definition) is 0. The lowest BCUT2D eigenvalue weighted by Gasteiger charge is -2.35. The van der Waals surface area contributed by atoms with Crippen LogP contribution < -0.4 is 20.7 Å². The number of rotatable bonds is 8. The van der Waals surface area contributed by atoms with Gasteiger partial charge in [0.05, 0.1) is 27.8 Å². The summed E-state index contributed by atoms with van der Waals surface area (Å²) in [6, 6.07) is 94.3. The third-order valence-corrected chi connectivity index (χ3v) is 17.9. The Labute approximate surface area is 368 Å². The highest BCUT2D eigenvalue weighted by molar-refractivity contribution is 7.20. The van der Waals surface area contributed by atoms with Crippen molar-refractivity contribution in [1.29, 1.82) is 0 Å². The molecule has 10 aromatic carbocycles. The third kappa shape index (κ3) is 5.85. The van der Waals surface area contributed by atoms with Crippen LogP contribution in [0.4, 0.5) is 0 Å². The van der Waals surface area contributed by atoms with Gasteiger partial charge in [0.15, 0.2) is 8.07 Å². The topological polar surface area (TPSA) is 9.86 Å². The summed E-state index contributed by atoms with van der Waals surface area (Å²) in [5, 5.41) is 10.4. The molecule has 296 valence electrons. The molecule has 0 atom stereocenters. The van der Waals surface area contributed by atoms with Gasteiger partial charge in [-0.2, -0.15) is 0 Å². The fourth-order valence-electron chi connectivity index (χ4n) is 10.4. The Kier molecular flexibility index (Phi) is 8.87. The molecular formula is C60H42N2Si. The average molecular weight is 819 g/mol. The van der Waals surface area contributed by atoms with Gasteiger partial charge in [-0.1, -0.05) is 218 Å². The van der Waals surface area contributed by atoms with Gasteiger partial charge in [-0.15, -0.1) is 0 Å². The van der Waals surface area contributed by atoms with Crippen molar-refractivity contribution < 1.29 is 0 Å². The summed E-state index contributed by atoms with van der Waals surface area (Å²) in [5.41, 5.74) is 11.9. The molecule has 0 aliphatic rings. The Bertz CT molecular complexity index is 3480. The normalized spacial score (nSPS) is 11.8. The molecule has 0 spiro atoms. The Balaban J connectivity index is 1.21. The van der Waals surface area contributed by atoms with Gasteiger partial charge in [0.25, 0.3) is 0 Å². The van der Waals surface area contributed by atoms with Crippen LogP contribution in [-0.2, 0) is 0 Å². The second-order valence-corrected chi connectivity index (χ2v) is 20.2. The molecule has 12 aromatic rings. The minimum atomic E-state index is -2.96. The summed E-state index contributed by atoms with van der Waals surface area (Å²) in [6.07, 6.45) is 0. The van der Waals surface area contributed by atoms with Crippen LogP contribution in [0.3, 0.4) is 0 Å². The number of benzene rings is 10. The first-order valence-electron chi connectivity index (χ1n) is 21.8. The monoisotopic (exact) mass is 818 g/mol. The van der Waals surface area contributed by atoms with E-state index < -0.39 is 8.07 Å². The molecule has 12 rings (SSSR count). The van der Waals surface area contributed by atoms with E-state index >= 15 is 0 Å². The lowest BCUT2D eigenvalue weighted by Crippen LogP contribution is -2.75. The van der Waals surface area contributed by atoms with Gasteiger partial charge in [-0.05, 0) is 79.4 Å². The lowest BCUT2D eigenvalue weighted by atomic mass is 10.0. The van der Waals surface area contributed by atoms with Gasteiger partial charge in [0.2, 0.25) is 0 Å². The van der Waals surface area contributed by atoms with Crippen LogP contribution in [0.15, 0.2) is 255 Å². The molecule has 2 nitrogen and oxygen atoms in total. The first kappa shape index (κ1) is 36.8. The van der Waals surface area contributed by atoms with Gasteiger partial charge in [0.1, 0.15) is 0 Å². The predicted molar refractivity (Wildman–Crippen MR) is 270 cm³/mol. The van der Waals surface area contributed by atoms with E-state index in [1.807, 2.05) is 0 Å². The summed E-state index contributed by atoms with van der Waals surface area (Å²) >= 11 is 0. The van der Waals surface area contributed by atoms with Gasteiger partial charge in [-0.3, -0.25) is 0 Å². The third-order valence-electron chi connectivity index (χ3n) is 13.1. The molecule has 3 heteroatoms. The molecule has 2 aromatic heterocycles. The van der Waals surface area contributed by atoms with Crippen LogP contribution in [0.25, 0.3) is 77.2 Å². The SMILES string of the molecule is c1ccc(-c2ccc(-n3c4cc(-c5ccccc5)ccc4c4c(-n5c6ccccc6c6cccc([Si](c7ccccc7)(c7ccccc7)c7ccccc7)c65)cccc43)cc2)cc1. The van der Waals surface area contributed by atoms with E-state index in [0.29, 0.717) is 0 Å². The zero-order chi connectivity index (χ0) is 41.7. The maximum Gasteiger partial charge on any atom is 0.181 e. The maximum absolute atomic E-state index is 2.96. The molecule has 0 unspecified atom stereocenters. The smallest absolute Gasteiger partial charge is 0.181 e.